The number of nitrogens with zero attached hydrogens (tertiary/aromatic N) is 1. The Morgan fingerprint density at radius 3 is 2.93 bits per heavy atom. The number of hydrogen-bond donors (Lipinski definition) is 1. The molecule has 15 heavy (non-hydrogen) atoms. The summed E-state index contributed by atoms with van der Waals surface area (Å²) < 4.78 is 0. The van der Waals surface area contributed by atoms with Gasteiger partial charge in [0.1, 0.15) is 0 Å². The molecule has 0 unspecified atom stereocenters. The summed E-state index contributed by atoms with van der Waals surface area (Å²) in [4.78, 5) is 15.1. The second kappa shape index (κ2) is 3.69. The third-order valence-corrected chi connectivity index (χ3v) is 2.40. The quantitative estimate of drug-likeness (QED) is 0.812. The van der Waals surface area contributed by atoms with Crippen LogP contribution in [0.1, 0.15) is 22.8 Å². The van der Waals surface area contributed by atoms with Gasteiger partial charge in [0.25, 0.3) is 0 Å². The summed E-state index contributed by atoms with van der Waals surface area (Å²) in [5.41, 5.74) is 1.86. The molecule has 0 saturated heterocycles. The molecular weight excluding hydrogens is 190 g/mol. The largest absolute Gasteiger partial charge is 0.478 e. The average Bonchev–Trinajstić information content (AvgIpc) is 2.27. The molecule has 0 radical (unpaired) electrons. The molecule has 2 rings (SSSR count). The third-order valence-electron chi connectivity index (χ3n) is 2.40. The lowest BCUT2D eigenvalue weighted by molar-refractivity contribution is 0.0698. The van der Waals surface area contributed by atoms with Crippen LogP contribution in [-0.2, 0) is 6.42 Å². The second-order valence-electron chi connectivity index (χ2n) is 3.38. The number of carboxylic acid groups (broad SMARTS) is 1. The fraction of sp³-hybridized carbons (Fsp3) is 0.167. The molecule has 0 amide bonds. The Bertz CT molecular complexity index is 520. The number of pyridine rings is 1. The molecule has 1 aromatic carbocycles. The molecule has 0 saturated carbocycles. The topological polar surface area (TPSA) is 50.2 Å². The number of aromatic nitrogens is 1. The molecule has 2 aromatic rings. The van der Waals surface area contributed by atoms with Crippen molar-refractivity contribution in [2.75, 3.05) is 0 Å². The number of fused-ring (bicyclic) bond motifs is 1. The van der Waals surface area contributed by atoms with Gasteiger partial charge in [0, 0.05) is 11.6 Å². The molecule has 0 spiro atoms. The van der Waals surface area contributed by atoms with E-state index in [1.165, 1.54) is 0 Å². The van der Waals surface area contributed by atoms with Crippen LogP contribution in [0.2, 0.25) is 0 Å². The summed E-state index contributed by atoms with van der Waals surface area (Å²) in [5.74, 6) is -0.922. The molecule has 0 bridgehead atoms. The summed E-state index contributed by atoms with van der Waals surface area (Å²) in [6, 6.07) is 7.37. The number of hydrogen-bond acceptors (Lipinski definition) is 2. The lowest BCUT2D eigenvalue weighted by atomic mass is 10.0. The molecule has 3 heteroatoms. The first-order chi connectivity index (χ1) is 7.22. The maximum atomic E-state index is 11.0. The van der Waals surface area contributed by atoms with Gasteiger partial charge in [-0.1, -0.05) is 13.0 Å². The van der Waals surface area contributed by atoms with E-state index in [4.69, 9.17) is 5.11 Å². The van der Waals surface area contributed by atoms with Crippen LogP contribution in [0.4, 0.5) is 0 Å². The summed E-state index contributed by atoms with van der Waals surface area (Å²) in [7, 11) is 0. The molecule has 0 aliphatic heterocycles. The highest BCUT2D eigenvalue weighted by atomic mass is 16.4. The molecule has 1 aromatic heterocycles. The molecule has 1 N–H and O–H groups in total. The average molecular weight is 201 g/mol. The molecule has 1 heterocycles. The van der Waals surface area contributed by atoms with E-state index in [0.29, 0.717) is 5.52 Å². The van der Waals surface area contributed by atoms with Crippen LogP contribution in [0.15, 0.2) is 30.5 Å². The minimum Gasteiger partial charge on any atom is -0.478 e. The number of benzene rings is 1. The van der Waals surface area contributed by atoms with E-state index in [1.807, 2.05) is 25.1 Å². The fourth-order valence-corrected chi connectivity index (χ4v) is 1.62. The molecule has 3 nitrogen and oxygen atoms in total. The SMILES string of the molecule is CCc1cc(C(=O)O)c2ncccc2c1. The van der Waals surface area contributed by atoms with Gasteiger partial charge in [-0.3, -0.25) is 4.98 Å². The van der Waals surface area contributed by atoms with Crippen LogP contribution in [-0.4, -0.2) is 16.1 Å². The minimum atomic E-state index is -0.922. The van der Waals surface area contributed by atoms with Crippen LogP contribution >= 0.6 is 0 Å². The molecule has 76 valence electrons. The Balaban J connectivity index is 2.80. The van der Waals surface area contributed by atoms with Crippen molar-refractivity contribution < 1.29 is 9.90 Å². The van der Waals surface area contributed by atoms with Crippen LogP contribution in [0.3, 0.4) is 0 Å². The summed E-state index contributed by atoms with van der Waals surface area (Å²) in [6.07, 6.45) is 2.44. The van der Waals surface area contributed by atoms with Gasteiger partial charge < -0.3 is 5.11 Å². The normalized spacial score (nSPS) is 10.5. The summed E-state index contributed by atoms with van der Waals surface area (Å²) >= 11 is 0. The van der Waals surface area contributed by atoms with Gasteiger partial charge in [-0.2, -0.15) is 0 Å². The number of rotatable bonds is 2. The highest BCUT2D eigenvalue weighted by molar-refractivity contribution is 6.02. The van der Waals surface area contributed by atoms with Crippen LogP contribution in [0.5, 0.6) is 0 Å². The van der Waals surface area contributed by atoms with E-state index >= 15 is 0 Å². The molecule has 0 aliphatic carbocycles. The molecule has 0 atom stereocenters. The first kappa shape index (κ1) is 9.65. The monoisotopic (exact) mass is 201 g/mol. The first-order valence-corrected chi connectivity index (χ1v) is 4.83. The van der Waals surface area contributed by atoms with Crippen LogP contribution in [0.25, 0.3) is 10.9 Å². The predicted molar refractivity (Wildman–Crippen MR) is 58.1 cm³/mol. The zero-order valence-corrected chi connectivity index (χ0v) is 8.40. The van der Waals surface area contributed by atoms with Gasteiger partial charge in [0.05, 0.1) is 11.1 Å². The number of carboxylic acids is 1. The van der Waals surface area contributed by atoms with E-state index < -0.39 is 5.97 Å². The van der Waals surface area contributed by atoms with Gasteiger partial charge in [-0.05, 0) is 30.2 Å². The Kier molecular flexibility index (Phi) is 2.37. The number of aryl methyl sites for hydroxylation is 1. The Morgan fingerprint density at radius 1 is 1.47 bits per heavy atom. The van der Waals surface area contributed by atoms with Crippen molar-refractivity contribution in [3.63, 3.8) is 0 Å². The van der Waals surface area contributed by atoms with Gasteiger partial charge in [0.15, 0.2) is 0 Å². The second-order valence-corrected chi connectivity index (χ2v) is 3.38. The predicted octanol–water partition coefficient (Wildman–Crippen LogP) is 2.50. The Morgan fingerprint density at radius 2 is 2.27 bits per heavy atom. The minimum absolute atomic E-state index is 0.282. The third kappa shape index (κ3) is 1.68. The molecule has 0 aliphatic rings. The van der Waals surface area contributed by atoms with E-state index in [2.05, 4.69) is 4.98 Å². The first-order valence-electron chi connectivity index (χ1n) is 4.83. The summed E-state index contributed by atoms with van der Waals surface area (Å²) in [6.45, 7) is 2.00. The molecule has 0 fully saturated rings. The summed E-state index contributed by atoms with van der Waals surface area (Å²) in [5, 5.41) is 9.95. The smallest absolute Gasteiger partial charge is 0.337 e. The van der Waals surface area contributed by atoms with Crippen molar-refractivity contribution in [3.8, 4) is 0 Å². The van der Waals surface area contributed by atoms with Gasteiger partial charge in [0.2, 0.25) is 0 Å². The Hall–Kier alpha value is -1.90. The van der Waals surface area contributed by atoms with Crippen molar-refractivity contribution >= 4 is 16.9 Å². The van der Waals surface area contributed by atoms with Gasteiger partial charge in [-0.25, -0.2) is 4.79 Å². The van der Waals surface area contributed by atoms with Crippen LogP contribution in [0, 0.1) is 0 Å². The van der Waals surface area contributed by atoms with Crippen LogP contribution < -0.4 is 0 Å². The fourth-order valence-electron chi connectivity index (χ4n) is 1.62. The lowest BCUT2D eigenvalue weighted by Gasteiger charge is -2.04. The van der Waals surface area contributed by atoms with E-state index in [9.17, 15) is 4.79 Å². The maximum Gasteiger partial charge on any atom is 0.337 e. The highest BCUT2D eigenvalue weighted by Gasteiger charge is 2.10. The van der Waals surface area contributed by atoms with E-state index in [-0.39, 0.29) is 5.56 Å². The van der Waals surface area contributed by atoms with E-state index in [1.54, 1.807) is 12.3 Å². The van der Waals surface area contributed by atoms with Crippen molar-refractivity contribution in [1.29, 1.82) is 0 Å². The Labute approximate surface area is 87.4 Å². The van der Waals surface area contributed by atoms with Gasteiger partial charge >= 0.3 is 5.97 Å². The van der Waals surface area contributed by atoms with E-state index in [0.717, 1.165) is 17.4 Å². The standard InChI is InChI=1S/C12H11NO2/c1-2-8-6-9-4-3-5-13-11(9)10(7-8)12(14)15/h3-7H,2H2,1H3,(H,14,15). The maximum absolute atomic E-state index is 11.0. The van der Waals surface area contributed by atoms with Crippen molar-refractivity contribution in [3.05, 3.63) is 41.6 Å². The zero-order chi connectivity index (χ0) is 10.8. The lowest BCUT2D eigenvalue weighted by Crippen LogP contribution is -2.00. The zero-order valence-electron chi connectivity index (χ0n) is 8.40. The molecular formula is C12H11NO2. The van der Waals surface area contributed by atoms with Crippen molar-refractivity contribution in [1.82, 2.24) is 4.98 Å². The van der Waals surface area contributed by atoms with Crippen molar-refractivity contribution in [2.45, 2.75) is 13.3 Å². The number of aromatic carboxylic acids is 1. The number of carbonyl (C=O) groups is 1. The van der Waals surface area contributed by atoms with Crippen molar-refractivity contribution in [2.24, 2.45) is 0 Å². The highest BCUT2D eigenvalue weighted by Crippen LogP contribution is 2.19. The van der Waals surface area contributed by atoms with Gasteiger partial charge in [-0.15, -0.1) is 0 Å².